The fourth-order valence-corrected chi connectivity index (χ4v) is 4.77. The van der Waals surface area contributed by atoms with Crippen molar-refractivity contribution in [2.75, 3.05) is 7.11 Å². The molecule has 0 saturated carbocycles. The summed E-state index contributed by atoms with van der Waals surface area (Å²) in [6.07, 6.45) is 6.90. The Morgan fingerprint density at radius 3 is 2.74 bits per heavy atom. The number of aryl methyl sites for hydroxylation is 2. The second-order valence-corrected chi connectivity index (χ2v) is 8.25. The van der Waals surface area contributed by atoms with Crippen LogP contribution >= 0.6 is 11.3 Å². The van der Waals surface area contributed by atoms with Gasteiger partial charge in [0.05, 0.1) is 24.7 Å². The monoisotopic (exact) mass is 382 g/mol. The molecule has 1 aliphatic rings. The van der Waals surface area contributed by atoms with Crippen LogP contribution in [0.5, 0.6) is 5.75 Å². The van der Waals surface area contributed by atoms with Gasteiger partial charge in [-0.05, 0) is 63.8 Å². The van der Waals surface area contributed by atoms with E-state index in [1.807, 2.05) is 46.5 Å². The van der Waals surface area contributed by atoms with E-state index in [-0.39, 0.29) is 6.04 Å². The van der Waals surface area contributed by atoms with E-state index in [9.17, 15) is 0 Å². The number of rotatable bonds is 6. The molecule has 0 radical (unpaired) electrons. The highest BCUT2D eigenvalue weighted by Crippen LogP contribution is 2.27. The van der Waals surface area contributed by atoms with Crippen LogP contribution in [-0.4, -0.2) is 21.9 Å². The molecule has 142 valence electrons. The van der Waals surface area contributed by atoms with Gasteiger partial charge < -0.3 is 10.1 Å². The van der Waals surface area contributed by atoms with Crippen molar-refractivity contribution in [2.24, 2.45) is 0 Å². The largest absolute Gasteiger partial charge is 0.497 e. The van der Waals surface area contributed by atoms with Crippen LogP contribution in [0.2, 0.25) is 0 Å². The fourth-order valence-electron chi connectivity index (χ4n) is 3.66. The smallest absolute Gasteiger partial charge is 0.119 e. The lowest BCUT2D eigenvalue weighted by molar-refractivity contribution is 0.414. The molecule has 5 nitrogen and oxygen atoms in total. The second-order valence-electron chi connectivity index (χ2n) is 7.08. The Kier molecular flexibility index (Phi) is 5.27. The molecule has 1 atom stereocenters. The first-order chi connectivity index (χ1) is 13.2. The molecule has 0 saturated heterocycles. The minimum atomic E-state index is 0.220. The number of hydrogen-bond donors (Lipinski definition) is 1. The summed E-state index contributed by atoms with van der Waals surface area (Å²) in [6.45, 7) is 5.12. The number of thiazole rings is 1. The maximum Gasteiger partial charge on any atom is 0.119 e. The maximum absolute atomic E-state index is 5.24. The Balaban J connectivity index is 1.45. The average molecular weight is 383 g/mol. The highest BCUT2D eigenvalue weighted by Gasteiger charge is 2.17. The van der Waals surface area contributed by atoms with Gasteiger partial charge in [-0.25, -0.2) is 9.67 Å². The van der Waals surface area contributed by atoms with Crippen LogP contribution in [0, 0.1) is 6.92 Å². The Hall–Kier alpha value is -2.18. The van der Waals surface area contributed by atoms with Crippen molar-refractivity contribution in [1.82, 2.24) is 20.1 Å². The van der Waals surface area contributed by atoms with E-state index in [2.05, 4.69) is 24.3 Å². The molecule has 2 heterocycles. The molecule has 0 amide bonds. The zero-order valence-electron chi connectivity index (χ0n) is 16.2. The van der Waals surface area contributed by atoms with Crippen LogP contribution in [0.3, 0.4) is 0 Å². The molecule has 1 aliphatic carbocycles. The van der Waals surface area contributed by atoms with E-state index in [1.54, 1.807) is 7.11 Å². The number of methoxy groups -OCH3 is 1. The molecule has 4 rings (SSSR count). The summed E-state index contributed by atoms with van der Waals surface area (Å²) in [7, 11) is 1.68. The normalized spacial score (nSPS) is 14.8. The summed E-state index contributed by atoms with van der Waals surface area (Å²) in [5, 5.41) is 9.42. The predicted octanol–water partition coefficient (Wildman–Crippen LogP) is 4.38. The van der Waals surface area contributed by atoms with Gasteiger partial charge in [0, 0.05) is 28.7 Å². The van der Waals surface area contributed by atoms with Crippen LogP contribution in [-0.2, 0) is 19.4 Å². The number of benzene rings is 1. The molecule has 6 heteroatoms. The fraction of sp³-hybridized carbons (Fsp3) is 0.429. The van der Waals surface area contributed by atoms with Crippen molar-refractivity contribution < 1.29 is 4.74 Å². The topological polar surface area (TPSA) is 52.0 Å². The lowest BCUT2D eigenvalue weighted by Crippen LogP contribution is -2.18. The number of nitrogens with zero attached hydrogens (tertiary/aromatic N) is 3. The van der Waals surface area contributed by atoms with E-state index in [1.165, 1.54) is 40.4 Å². The Morgan fingerprint density at radius 1 is 1.22 bits per heavy atom. The van der Waals surface area contributed by atoms with Crippen LogP contribution < -0.4 is 10.1 Å². The van der Waals surface area contributed by atoms with Crippen molar-refractivity contribution in [3.05, 3.63) is 57.3 Å². The van der Waals surface area contributed by atoms with Crippen LogP contribution in [0.15, 0.2) is 30.5 Å². The molecule has 1 aromatic carbocycles. The van der Waals surface area contributed by atoms with Gasteiger partial charge >= 0.3 is 0 Å². The average Bonchev–Trinajstić information content (AvgIpc) is 3.29. The van der Waals surface area contributed by atoms with Crippen molar-refractivity contribution in [3.8, 4) is 11.4 Å². The summed E-state index contributed by atoms with van der Waals surface area (Å²) >= 11 is 1.88. The molecular weight excluding hydrogens is 356 g/mol. The number of nitrogens with one attached hydrogen (secondary N) is 1. The van der Waals surface area contributed by atoms with E-state index in [4.69, 9.17) is 9.72 Å². The van der Waals surface area contributed by atoms with Gasteiger partial charge in [0.25, 0.3) is 0 Å². The summed E-state index contributed by atoms with van der Waals surface area (Å²) < 4.78 is 7.22. The third-order valence-corrected chi connectivity index (χ3v) is 6.44. The minimum absolute atomic E-state index is 0.220. The number of fused-ring (bicyclic) bond motifs is 1. The number of aromatic nitrogens is 3. The zero-order valence-corrected chi connectivity index (χ0v) is 17.0. The first kappa shape index (κ1) is 18.2. The third kappa shape index (κ3) is 3.77. The highest BCUT2D eigenvalue weighted by molar-refractivity contribution is 7.11. The van der Waals surface area contributed by atoms with E-state index < -0.39 is 0 Å². The molecule has 0 fully saturated rings. The lowest BCUT2D eigenvalue weighted by atomic mass is 10.0. The molecule has 3 aromatic rings. The number of hydrogen-bond acceptors (Lipinski definition) is 5. The molecule has 2 aromatic heterocycles. The van der Waals surface area contributed by atoms with Gasteiger partial charge in [0.1, 0.15) is 10.8 Å². The first-order valence-electron chi connectivity index (χ1n) is 9.55. The van der Waals surface area contributed by atoms with Gasteiger partial charge in [-0.15, -0.1) is 11.3 Å². The quantitative estimate of drug-likeness (QED) is 0.688. The van der Waals surface area contributed by atoms with Crippen LogP contribution in [0.1, 0.15) is 52.6 Å². The van der Waals surface area contributed by atoms with E-state index in [0.717, 1.165) is 30.1 Å². The minimum Gasteiger partial charge on any atom is -0.497 e. The Morgan fingerprint density at radius 2 is 2.00 bits per heavy atom. The van der Waals surface area contributed by atoms with Crippen LogP contribution in [0.25, 0.3) is 5.69 Å². The summed E-state index contributed by atoms with van der Waals surface area (Å²) in [5.41, 5.74) is 4.74. The van der Waals surface area contributed by atoms with Crippen molar-refractivity contribution in [3.63, 3.8) is 0 Å². The zero-order chi connectivity index (χ0) is 18.8. The van der Waals surface area contributed by atoms with Crippen molar-refractivity contribution in [1.29, 1.82) is 0 Å². The lowest BCUT2D eigenvalue weighted by Gasteiger charge is -2.13. The highest BCUT2D eigenvalue weighted by atomic mass is 32.1. The van der Waals surface area contributed by atoms with Gasteiger partial charge in [0.15, 0.2) is 0 Å². The summed E-state index contributed by atoms with van der Waals surface area (Å²) in [6, 6.07) is 8.20. The second kappa shape index (κ2) is 7.82. The molecule has 1 unspecified atom stereocenters. The standard InChI is InChI=1S/C21H26N4OS/c1-14(22-13-21-24-19-6-4-5-7-20(19)27-21)18-12-23-25(15(18)2)16-8-10-17(26-3)11-9-16/h8-12,14,22H,4-7,13H2,1-3H3. The van der Waals surface area contributed by atoms with E-state index in [0.29, 0.717) is 0 Å². The molecule has 0 spiro atoms. The molecule has 0 aliphatic heterocycles. The Labute approximate surface area is 164 Å². The molecule has 0 bridgehead atoms. The summed E-state index contributed by atoms with van der Waals surface area (Å²) in [5.74, 6) is 0.852. The SMILES string of the molecule is COc1ccc(-n2ncc(C(C)NCc3nc4c(s3)CCCC4)c2C)cc1. The van der Waals surface area contributed by atoms with Gasteiger partial charge in [-0.3, -0.25) is 0 Å². The van der Waals surface area contributed by atoms with Crippen molar-refractivity contribution >= 4 is 11.3 Å². The number of ether oxygens (including phenoxy) is 1. The van der Waals surface area contributed by atoms with Gasteiger partial charge in [-0.1, -0.05) is 0 Å². The molecule has 1 N–H and O–H groups in total. The third-order valence-electron chi connectivity index (χ3n) is 5.28. The van der Waals surface area contributed by atoms with E-state index >= 15 is 0 Å². The predicted molar refractivity (Wildman–Crippen MR) is 109 cm³/mol. The molecular formula is C21H26N4OS. The molecule has 27 heavy (non-hydrogen) atoms. The Bertz CT molecular complexity index is 889. The van der Waals surface area contributed by atoms with Crippen LogP contribution in [0.4, 0.5) is 0 Å². The first-order valence-corrected chi connectivity index (χ1v) is 10.4. The summed E-state index contributed by atoms with van der Waals surface area (Å²) in [4.78, 5) is 6.33. The van der Waals surface area contributed by atoms with Crippen molar-refractivity contribution in [2.45, 2.75) is 52.1 Å². The van der Waals surface area contributed by atoms with Gasteiger partial charge in [-0.2, -0.15) is 5.10 Å². The van der Waals surface area contributed by atoms with Gasteiger partial charge in [0.2, 0.25) is 0 Å². The maximum atomic E-state index is 5.24.